The van der Waals surface area contributed by atoms with Gasteiger partial charge in [-0.2, -0.15) is 0 Å². The third-order valence-corrected chi connectivity index (χ3v) is 6.12. The molecule has 0 atom stereocenters. The molecule has 0 amide bonds. The van der Waals surface area contributed by atoms with Crippen LogP contribution in [0, 0.1) is 0 Å². The highest BCUT2D eigenvalue weighted by Gasteiger charge is 2.01. The molecule has 2 heteroatoms. The van der Waals surface area contributed by atoms with E-state index < -0.39 is 0 Å². The van der Waals surface area contributed by atoms with Gasteiger partial charge < -0.3 is 0 Å². The molecule has 0 fully saturated rings. The van der Waals surface area contributed by atoms with Gasteiger partial charge in [0.1, 0.15) is 0 Å². The molecule has 2 aromatic carbocycles. The van der Waals surface area contributed by atoms with Crippen molar-refractivity contribution in [2.24, 2.45) is 0 Å². The van der Waals surface area contributed by atoms with Crippen LogP contribution >= 0.6 is 23.5 Å². The summed E-state index contributed by atoms with van der Waals surface area (Å²) in [5.74, 6) is 2.14. The van der Waals surface area contributed by atoms with E-state index in [4.69, 9.17) is 0 Å². The Labute approximate surface area is 156 Å². The summed E-state index contributed by atoms with van der Waals surface area (Å²) in [7, 11) is 0. The lowest BCUT2D eigenvalue weighted by molar-refractivity contribution is 0.672. The fourth-order valence-electron chi connectivity index (χ4n) is 2.45. The maximum atomic E-state index is 2.40. The Morgan fingerprint density at radius 1 is 0.792 bits per heavy atom. The molecule has 128 valence electrons. The van der Waals surface area contributed by atoms with E-state index in [0.717, 1.165) is 11.5 Å². The highest BCUT2D eigenvalue weighted by molar-refractivity contribution is 8.05. The minimum atomic E-state index is 1.06. The first kappa shape index (κ1) is 19.2. The highest BCUT2D eigenvalue weighted by atomic mass is 32.2. The van der Waals surface area contributed by atoms with E-state index in [2.05, 4.69) is 73.0 Å². The van der Waals surface area contributed by atoms with Crippen molar-refractivity contribution in [1.29, 1.82) is 0 Å². The minimum Gasteiger partial charge on any atom is -0.129 e. The summed E-state index contributed by atoms with van der Waals surface area (Å²) in [6.07, 6.45) is 6.54. The quantitative estimate of drug-likeness (QED) is 0.379. The van der Waals surface area contributed by atoms with Gasteiger partial charge in [-0.1, -0.05) is 86.8 Å². The predicted molar refractivity (Wildman–Crippen MR) is 112 cm³/mol. The Bertz CT molecular complexity index is 575. The first-order valence-electron chi connectivity index (χ1n) is 8.89. The zero-order valence-corrected chi connectivity index (χ0v) is 16.3. The molecule has 0 radical (unpaired) electrons. The van der Waals surface area contributed by atoms with E-state index in [0.29, 0.717) is 0 Å². The van der Waals surface area contributed by atoms with E-state index in [9.17, 15) is 0 Å². The van der Waals surface area contributed by atoms with Crippen LogP contribution in [0.25, 0.3) is 0 Å². The molecule has 0 aliphatic rings. The fraction of sp³-hybridized carbons (Fsp3) is 0.364. The van der Waals surface area contributed by atoms with Crippen LogP contribution in [0.5, 0.6) is 0 Å². The SMILES string of the molecule is CCCCCC/C(=C/SCc1ccccc1)SCc1ccccc1. The van der Waals surface area contributed by atoms with Crippen LogP contribution in [0.15, 0.2) is 71.0 Å². The Balaban J connectivity index is 1.84. The summed E-state index contributed by atoms with van der Waals surface area (Å²) in [6, 6.07) is 21.5. The van der Waals surface area contributed by atoms with Crippen molar-refractivity contribution >= 4 is 23.5 Å². The summed E-state index contributed by atoms with van der Waals surface area (Å²) in [5, 5.41) is 2.40. The second kappa shape index (κ2) is 12.3. The van der Waals surface area contributed by atoms with Crippen molar-refractivity contribution in [2.45, 2.75) is 50.5 Å². The first-order valence-corrected chi connectivity index (χ1v) is 10.9. The monoisotopic (exact) mass is 356 g/mol. The average molecular weight is 357 g/mol. The van der Waals surface area contributed by atoms with Gasteiger partial charge in [-0.3, -0.25) is 0 Å². The molecule has 0 nitrogen and oxygen atoms in total. The van der Waals surface area contributed by atoms with E-state index in [1.807, 2.05) is 23.5 Å². The van der Waals surface area contributed by atoms with Gasteiger partial charge in [0.2, 0.25) is 0 Å². The Morgan fingerprint density at radius 3 is 2.04 bits per heavy atom. The van der Waals surface area contributed by atoms with E-state index in [-0.39, 0.29) is 0 Å². The van der Waals surface area contributed by atoms with Gasteiger partial charge in [-0.15, -0.1) is 23.5 Å². The van der Waals surface area contributed by atoms with Gasteiger partial charge in [0, 0.05) is 11.5 Å². The molecule has 2 rings (SSSR count). The summed E-state index contributed by atoms with van der Waals surface area (Å²) < 4.78 is 0. The second-order valence-corrected chi connectivity index (χ2v) is 7.93. The molecule has 24 heavy (non-hydrogen) atoms. The molecule has 0 aromatic heterocycles. The fourth-order valence-corrected chi connectivity index (χ4v) is 4.53. The van der Waals surface area contributed by atoms with Crippen LogP contribution in [-0.2, 0) is 11.5 Å². The predicted octanol–water partition coefficient (Wildman–Crippen LogP) is 7.67. The molecule has 0 heterocycles. The van der Waals surface area contributed by atoms with E-state index >= 15 is 0 Å². The van der Waals surface area contributed by atoms with Crippen LogP contribution in [-0.4, -0.2) is 0 Å². The van der Waals surface area contributed by atoms with Crippen LogP contribution < -0.4 is 0 Å². The van der Waals surface area contributed by atoms with Crippen LogP contribution in [0.1, 0.15) is 50.2 Å². The van der Waals surface area contributed by atoms with Gasteiger partial charge in [0.25, 0.3) is 0 Å². The zero-order valence-electron chi connectivity index (χ0n) is 14.6. The number of rotatable bonds is 11. The van der Waals surface area contributed by atoms with Crippen LogP contribution in [0.2, 0.25) is 0 Å². The molecule has 2 aromatic rings. The number of unbranched alkanes of at least 4 members (excludes halogenated alkanes) is 3. The lowest BCUT2D eigenvalue weighted by atomic mass is 10.1. The van der Waals surface area contributed by atoms with Crippen molar-refractivity contribution in [2.75, 3.05) is 0 Å². The molecule has 0 aliphatic carbocycles. The number of hydrogen-bond donors (Lipinski definition) is 0. The number of thioether (sulfide) groups is 2. The molecule has 0 unspecified atom stereocenters. The van der Waals surface area contributed by atoms with Gasteiger partial charge in [0.15, 0.2) is 0 Å². The summed E-state index contributed by atoms with van der Waals surface area (Å²) >= 11 is 3.94. The van der Waals surface area contributed by atoms with E-state index in [1.54, 1.807) is 0 Å². The molecule has 0 saturated carbocycles. The average Bonchev–Trinajstić information content (AvgIpc) is 2.64. The molecule has 0 N–H and O–H groups in total. The Kier molecular flexibility index (Phi) is 9.82. The maximum Gasteiger partial charge on any atom is 0.0228 e. The summed E-state index contributed by atoms with van der Waals surface area (Å²) in [6.45, 7) is 2.27. The van der Waals surface area contributed by atoms with Gasteiger partial charge in [-0.25, -0.2) is 0 Å². The van der Waals surface area contributed by atoms with Crippen LogP contribution in [0.4, 0.5) is 0 Å². The second-order valence-electron chi connectivity index (χ2n) is 5.97. The summed E-state index contributed by atoms with van der Waals surface area (Å²) in [4.78, 5) is 1.54. The van der Waals surface area contributed by atoms with Gasteiger partial charge >= 0.3 is 0 Å². The third kappa shape index (κ3) is 8.12. The maximum absolute atomic E-state index is 2.40. The summed E-state index contributed by atoms with van der Waals surface area (Å²) in [5.41, 5.74) is 2.81. The Hall–Kier alpha value is -1.12. The van der Waals surface area contributed by atoms with Gasteiger partial charge in [0.05, 0.1) is 0 Å². The van der Waals surface area contributed by atoms with E-state index in [1.165, 1.54) is 48.1 Å². The molecule has 0 saturated heterocycles. The third-order valence-electron chi connectivity index (χ3n) is 3.85. The van der Waals surface area contributed by atoms with Crippen LogP contribution in [0.3, 0.4) is 0 Å². The standard InChI is InChI=1S/C22H28S2/c1-2-3-4-11-16-22(24-18-21-14-9-6-10-15-21)19-23-17-20-12-7-5-8-13-20/h5-10,12-15,19H,2-4,11,16-18H2,1H3/b22-19-. The highest BCUT2D eigenvalue weighted by Crippen LogP contribution is 2.29. The van der Waals surface area contributed by atoms with Crippen molar-refractivity contribution in [3.05, 3.63) is 82.1 Å². The molecule has 0 spiro atoms. The number of benzene rings is 2. The molecule has 0 aliphatic heterocycles. The number of allylic oxidation sites excluding steroid dienone is 1. The lowest BCUT2D eigenvalue weighted by Gasteiger charge is -2.08. The topological polar surface area (TPSA) is 0 Å². The molecular weight excluding hydrogens is 328 g/mol. The molecular formula is C22H28S2. The van der Waals surface area contributed by atoms with Crippen molar-refractivity contribution < 1.29 is 0 Å². The van der Waals surface area contributed by atoms with Gasteiger partial charge in [-0.05, 0) is 34.3 Å². The number of hydrogen-bond acceptors (Lipinski definition) is 2. The lowest BCUT2D eigenvalue weighted by Crippen LogP contribution is -1.85. The smallest absolute Gasteiger partial charge is 0.0228 e. The largest absolute Gasteiger partial charge is 0.129 e. The molecule has 0 bridgehead atoms. The first-order chi connectivity index (χ1) is 11.9. The minimum absolute atomic E-state index is 1.06. The normalized spacial score (nSPS) is 11.6. The van der Waals surface area contributed by atoms with Crippen molar-refractivity contribution in [1.82, 2.24) is 0 Å². The zero-order chi connectivity index (χ0) is 16.9. The van der Waals surface area contributed by atoms with Crippen molar-refractivity contribution in [3.8, 4) is 0 Å². The Morgan fingerprint density at radius 2 is 1.42 bits per heavy atom. The van der Waals surface area contributed by atoms with Crippen molar-refractivity contribution in [3.63, 3.8) is 0 Å².